The lowest BCUT2D eigenvalue weighted by Crippen LogP contribution is -1.84. The summed E-state index contributed by atoms with van der Waals surface area (Å²) in [5.74, 6) is -1.09. The molecule has 0 saturated heterocycles. The molecule has 0 fully saturated rings. The number of benzene rings is 1. The fourth-order valence-corrected chi connectivity index (χ4v) is 1.35. The first kappa shape index (κ1) is 10.1. The van der Waals surface area contributed by atoms with Crippen LogP contribution < -0.4 is 0 Å². The summed E-state index contributed by atoms with van der Waals surface area (Å²) in [7, 11) is 0. The lowest BCUT2D eigenvalue weighted by Gasteiger charge is -2.02. The zero-order valence-electron chi connectivity index (χ0n) is 8.18. The monoisotopic (exact) mass is 214 g/mol. The molecule has 1 N–H and O–H groups in total. The van der Waals surface area contributed by atoms with Gasteiger partial charge in [-0.15, -0.1) is 0 Å². The summed E-state index contributed by atoms with van der Waals surface area (Å²) < 4.78 is 13.1. The van der Waals surface area contributed by atoms with Gasteiger partial charge in [0.15, 0.2) is 11.6 Å². The van der Waals surface area contributed by atoms with Gasteiger partial charge in [-0.3, -0.25) is 4.98 Å². The van der Waals surface area contributed by atoms with Crippen molar-refractivity contribution in [3.8, 4) is 22.9 Å². The van der Waals surface area contributed by atoms with Crippen LogP contribution in [0.1, 0.15) is 5.56 Å². The normalized spacial score (nSPS) is 9.75. The Bertz CT molecular complexity index is 575. The maximum atomic E-state index is 13.1. The van der Waals surface area contributed by atoms with Crippen LogP contribution in [0.15, 0.2) is 36.7 Å². The van der Waals surface area contributed by atoms with Crippen LogP contribution in [-0.4, -0.2) is 10.1 Å². The number of aromatic hydroxyl groups is 1. The second-order valence-corrected chi connectivity index (χ2v) is 3.24. The minimum atomic E-state index is -0.695. The van der Waals surface area contributed by atoms with Crippen molar-refractivity contribution in [1.29, 1.82) is 5.26 Å². The molecule has 0 aliphatic carbocycles. The molecular formula is C12H7FN2O. The average molecular weight is 214 g/mol. The van der Waals surface area contributed by atoms with Crippen molar-refractivity contribution < 1.29 is 9.50 Å². The second kappa shape index (κ2) is 3.99. The van der Waals surface area contributed by atoms with Crippen molar-refractivity contribution in [3.05, 3.63) is 48.0 Å². The first-order chi connectivity index (χ1) is 7.70. The summed E-state index contributed by atoms with van der Waals surface area (Å²) in [6.07, 6.45) is 2.97. The van der Waals surface area contributed by atoms with E-state index in [0.717, 1.165) is 0 Å². The first-order valence-corrected chi connectivity index (χ1v) is 4.55. The molecule has 0 unspecified atom stereocenters. The van der Waals surface area contributed by atoms with E-state index in [-0.39, 0.29) is 0 Å². The van der Waals surface area contributed by atoms with Gasteiger partial charge in [0, 0.05) is 18.0 Å². The van der Waals surface area contributed by atoms with Crippen molar-refractivity contribution in [3.63, 3.8) is 0 Å². The van der Waals surface area contributed by atoms with E-state index < -0.39 is 11.6 Å². The molecule has 0 aliphatic rings. The minimum Gasteiger partial charge on any atom is -0.505 e. The highest BCUT2D eigenvalue weighted by Crippen LogP contribution is 2.24. The molecule has 0 saturated carbocycles. The number of nitrogens with zero attached hydrogens (tertiary/aromatic N) is 2. The maximum absolute atomic E-state index is 13.1. The predicted molar refractivity (Wildman–Crippen MR) is 56.0 cm³/mol. The summed E-state index contributed by atoms with van der Waals surface area (Å²) in [6.45, 7) is 0. The van der Waals surface area contributed by atoms with Gasteiger partial charge in [-0.05, 0) is 23.8 Å². The van der Waals surface area contributed by atoms with E-state index >= 15 is 0 Å². The molecule has 16 heavy (non-hydrogen) atoms. The van der Waals surface area contributed by atoms with E-state index in [1.165, 1.54) is 24.5 Å². The quantitative estimate of drug-likeness (QED) is 0.793. The van der Waals surface area contributed by atoms with Gasteiger partial charge in [-0.25, -0.2) is 4.39 Å². The highest BCUT2D eigenvalue weighted by Gasteiger charge is 2.04. The Kier molecular flexibility index (Phi) is 2.52. The molecule has 0 amide bonds. The van der Waals surface area contributed by atoms with Crippen LogP contribution in [0.2, 0.25) is 0 Å². The van der Waals surface area contributed by atoms with Crippen LogP contribution in [-0.2, 0) is 0 Å². The maximum Gasteiger partial charge on any atom is 0.165 e. The van der Waals surface area contributed by atoms with E-state index in [1.54, 1.807) is 12.1 Å². The molecule has 0 radical (unpaired) electrons. The molecule has 78 valence electrons. The number of hydrogen-bond acceptors (Lipinski definition) is 3. The number of rotatable bonds is 1. The Morgan fingerprint density at radius 2 is 2.00 bits per heavy atom. The SMILES string of the molecule is N#Cc1cncc(-c2ccc(O)c(F)c2)c1. The molecule has 3 nitrogen and oxygen atoms in total. The van der Waals surface area contributed by atoms with Crippen LogP contribution in [0.3, 0.4) is 0 Å². The van der Waals surface area contributed by atoms with Gasteiger partial charge in [-0.1, -0.05) is 6.07 Å². The molecule has 2 aromatic rings. The van der Waals surface area contributed by atoms with E-state index in [0.29, 0.717) is 16.7 Å². The third-order valence-electron chi connectivity index (χ3n) is 2.15. The van der Waals surface area contributed by atoms with Crippen LogP contribution in [0, 0.1) is 17.1 Å². The zero-order chi connectivity index (χ0) is 11.5. The standard InChI is InChI=1S/C12H7FN2O/c13-11-4-9(1-2-12(11)16)10-3-8(5-14)6-15-7-10/h1-4,6-7,16H. The number of hydrogen-bond donors (Lipinski definition) is 1. The Balaban J connectivity index is 2.51. The largest absolute Gasteiger partial charge is 0.505 e. The molecule has 1 heterocycles. The molecule has 0 atom stereocenters. The van der Waals surface area contributed by atoms with Gasteiger partial charge < -0.3 is 5.11 Å². The molecule has 0 aliphatic heterocycles. The highest BCUT2D eigenvalue weighted by molar-refractivity contribution is 5.64. The summed E-state index contributed by atoms with van der Waals surface area (Å²) >= 11 is 0. The third-order valence-corrected chi connectivity index (χ3v) is 2.15. The lowest BCUT2D eigenvalue weighted by molar-refractivity contribution is 0.432. The van der Waals surface area contributed by atoms with Gasteiger partial charge in [0.1, 0.15) is 6.07 Å². The van der Waals surface area contributed by atoms with E-state index in [1.807, 2.05) is 6.07 Å². The van der Waals surface area contributed by atoms with Crippen LogP contribution in [0.4, 0.5) is 4.39 Å². The van der Waals surface area contributed by atoms with Crippen molar-refractivity contribution in [2.24, 2.45) is 0 Å². The first-order valence-electron chi connectivity index (χ1n) is 4.55. The van der Waals surface area contributed by atoms with Gasteiger partial charge >= 0.3 is 0 Å². The number of phenolic OH excluding ortho intramolecular Hbond substituents is 1. The molecular weight excluding hydrogens is 207 g/mol. The summed E-state index contributed by atoms with van der Waals surface area (Å²) in [5, 5.41) is 17.8. The average Bonchev–Trinajstić information content (AvgIpc) is 2.33. The van der Waals surface area contributed by atoms with Crippen LogP contribution in [0.25, 0.3) is 11.1 Å². The fourth-order valence-electron chi connectivity index (χ4n) is 1.35. The number of nitriles is 1. The van der Waals surface area contributed by atoms with Crippen molar-refractivity contribution in [2.45, 2.75) is 0 Å². The number of aromatic nitrogens is 1. The van der Waals surface area contributed by atoms with Gasteiger partial charge in [0.25, 0.3) is 0 Å². The lowest BCUT2D eigenvalue weighted by atomic mass is 10.1. The van der Waals surface area contributed by atoms with Gasteiger partial charge in [-0.2, -0.15) is 5.26 Å². The Morgan fingerprint density at radius 3 is 2.69 bits per heavy atom. The third kappa shape index (κ3) is 1.84. The molecule has 2 rings (SSSR count). The Hall–Kier alpha value is -2.41. The summed E-state index contributed by atoms with van der Waals surface area (Å²) in [5.41, 5.74) is 1.61. The zero-order valence-corrected chi connectivity index (χ0v) is 8.18. The summed E-state index contributed by atoms with van der Waals surface area (Å²) in [6, 6.07) is 7.60. The number of pyridine rings is 1. The van der Waals surface area contributed by atoms with Crippen molar-refractivity contribution in [1.82, 2.24) is 4.98 Å². The van der Waals surface area contributed by atoms with Gasteiger partial charge in [0.2, 0.25) is 0 Å². The summed E-state index contributed by atoms with van der Waals surface area (Å²) in [4.78, 5) is 3.88. The highest BCUT2D eigenvalue weighted by atomic mass is 19.1. The van der Waals surface area contributed by atoms with Gasteiger partial charge in [0.05, 0.1) is 5.56 Å². The van der Waals surface area contributed by atoms with E-state index in [2.05, 4.69) is 4.98 Å². The van der Waals surface area contributed by atoms with Crippen molar-refractivity contribution in [2.75, 3.05) is 0 Å². The molecule has 1 aromatic heterocycles. The molecule has 1 aromatic carbocycles. The molecule has 0 spiro atoms. The van der Waals surface area contributed by atoms with Crippen molar-refractivity contribution >= 4 is 0 Å². The minimum absolute atomic E-state index is 0.395. The van der Waals surface area contributed by atoms with E-state index in [4.69, 9.17) is 10.4 Å². The predicted octanol–water partition coefficient (Wildman–Crippen LogP) is 2.46. The number of phenols is 1. The fraction of sp³-hybridized carbons (Fsp3) is 0. The second-order valence-electron chi connectivity index (χ2n) is 3.24. The van der Waals surface area contributed by atoms with Crippen LogP contribution in [0.5, 0.6) is 5.75 Å². The molecule has 4 heteroatoms. The van der Waals surface area contributed by atoms with Crippen LogP contribution >= 0.6 is 0 Å². The smallest absolute Gasteiger partial charge is 0.165 e. The number of halogens is 1. The Morgan fingerprint density at radius 1 is 1.19 bits per heavy atom. The molecule has 0 bridgehead atoms. The topological polar surface area (TPSA) is 56.9 Å². The van der Waals surface area contributed by atoms with E-state index in [9.17, 15) is 4.39 Å². The Labute approximate surface area is 91.4 Å².